The summed E-state index contributed by atoms with van der Waals surface area (Å²) in [5, 5.41) is 3.53. The van der Waals surface area contributed by atoms with E-state index in [0.29, 0.717) is 19.3 Å². The first-order valence-corrected chi connectivity index (χ1v) is 7.44. The van der Waals surface area contributed by atoms with Crippen molar-refractivity contribution >= 4 is 0 Å². The van der Waals surface area contributed by atoms with Gasteiger partial charge in [0.1, 0.15) is 19.0 Å². The Morgan fingerprint density at radius 1 is 1.24 bits per heavy atom. The third-order valence-corrected chi connectivity index (χ3v) is 3.60. The van der Waals surface area contributed by atoms with E-state index < -0.39 is 0 Å². The number of nitrogens with one attached hydrogen (secondary N) is 1. The zero-order chi connectivity index (χ0) is 15.2. The molecule has 0 saturated carbocycles. The Morgan fingerprint density at radius 3 is 2.52 bits per heavy atom. The van der Waals surface area contributed by atoms with Gasteiger partial charge in [-0.1, -0.05) is 0 Å². The number of hydrogen-bond donors (Lipinski definition) is 1. The van der Waals surface area contributed by atoms with Crippen LogP contribution < -0.4 is 19.5 Å². The van der Waals surface area contributed by atoms with Gasteiger partial charge in [-0.25, -0.2) is 0 Å². The van der Waals surface area contributed by atoms with Gasteiger partial charge in [0, 0.05) is 24.2 Å². The lowest BCUT2D eigenvalue weighted by Crippen LogP contribution is -2.29. The Bertz CT molecular complexity index is 463. The molecule has 1 aromatic rings. The Labute approximate surface area is 127 Å². The highest BCUT2D eigenvalue weighted by atomic mass is 16.6. The molecule has 118 valence electrons. The van der Waals surface area contributed by atoms with Crippen LogP contribution in [0.5, 0.6) is 17.2 Å². The second-order valence-corrected chi connectivity index (χ2v) is 5.68. The van der Waals surface area contributed by atoms with E-state index >= 15 is 0 Å². The second-order valence-electron chi connectivity index (χ2n) is 5.68. The molecular formula is C16H26N2O3. The van der Waals surface area contributed by atoms with E-state index in [1.807, 2.05) is 12.1 Å². The molecule has 1 atom stereocenters. The fraction of sp³-hybridized carbons (Fsp3) is 0.625. The molecule has 5 nitrogen and oxygen atoms in total. The summed E-state index contributed by atoms with van der Waals surface area (Å²) in [4.78, 5) is 2.20. The number of nitrogens with zero attached hydrogens (tertiary/aromatic N) is 1. The SMILES string of the molecule is COc1cc2c(cc1CN[C@@H](C)CCN(C)C)OCCO2. The largest absolute Gasteiger partial charge is 0.496 e. The van der Waals surface area contributed by atoms with Gasteiger partial charge in [0.05, 0.1) is 7.11 Å². The van der Waals surface area contributed by atoms with Crippen molar-refractivity contribution in [1.82, 2.24) is 10.2 Å². The number of benzene rings is 1. The molecule has 1 aliphatic heterocycles. The summed E-state index contributed by atoms with van der Waals surface area (Å²) in [6, 6.07) is 4.37. The molecule has 0 unspecified atom stereocenters. The maximum atomic E-state index is 5.63. The summed E-state index contributed by atoms with van der Waals surface area (Å²) in [6.45, 7) is 5.23. The minimum absolute atomic E-state index is 0.449. The minimum Gasteiger partial charge on any atom is -0.496 e. The minimum atomic E-state index is 0.449. The molecule has 0 radical (unpaired) electrons. The van der Waals surface area contributed by atoms with Gasteiger partial charge in [0.15, 0.2) is 11.5 Å². The predicted octanol–water partition coefficient (Wildman–Crippen LogP) is 1.90. The van der Waals surface area contributed by atoms with Crippen molar-refractivity contribution in [2.24, 2.45) is 0 Å². The van der Waals surface area contributed by atoms with Crippen LogP contribution in [0.4, 0.5) is 0 Å². The Hall–Kier alpha value is -1.46. The van der Waals surface area contributed by atoms with Gasteiger partial charge in [0.2, 0.25) is 0 Å². The lowest BCUT2D eigenvalue weighted by Gasteiger charge is -2.22. The quantitative estimate of drug-likeness (QED) is 0.832. The van der Waals surface area contributed by atoms with E-state index in [2.05, 4.69) is 31.2 Å². The molecule has 0 spiro atoms. The van der Waals surface area contributed by atoms with E-state index in [9.17, 15) is 0 Å². The highest BCUT2D eigenvalue weighted by Crippen LogP contribution is 2.36. The molecule has 0 aromatic heterocycles. The summed E-state index contributed by atoms with van der Waals surface area (Å²) in [5.74, 6) is 2.41. The molecule has 1 aromatic carbocycles. The molecule has 5 heteroatoms. The van der Waals surface area contributed by atoms with Crippen LogP contribution in [0.2, 0.25) is 0 Å². The maximum Gasteiger partial charge on any atom is 0.165 e. The number of fused-ring (bicyclic) bond motifs is 1. The smallest absolute Gasteiger partial charge is 0.165 e. The Kier molecular flexibility index (Phi) is 5.70. The van der Waals surface area contributed by atoms with Crippen molar-refractivity contribution in [3.63, 3.8) is 0 Å². The van der Waals surface area contributed by atoms with E-state index in [1.165, 1.54) is 0 Å². The van der Waals surface area contributed by atoms with Gasteiger partial charge in [0.25, 0.3) is 0 Å². The Balaban J connectivity index is 1.98. The van der Waals surface area contributed by atoms with Gasteiger partial charge in [-0.05, 0) is 40.1 Å². The van der Waals surface area contributed by atoms with Crippen LogP contribution in [0.3, 0.4) is 0 Å². The molecule has 0 fully saturated rings. The number of methoxy groups -OCH3 is 1. The molecule has 1 aliphatic rings. The maximum absolute atomic E-state index is 5.63. The summed E-state index contributed by atoms with van der Waals surface area (Å²) < 4.78 is 16.7. The van der Waals surface area contributed by atoms with E-state index in [0.717, 1.165) is 42.3 Å². The topological polar surface area (TPSA) is 43.0 Å². The van der Waals surface area contributed by atoms with Crippen molar-refractivity contribution in [2.45, 2.75) is 25.9 Å². The molecule has 0 aliphatic carbocycles. The predicted molar refractivity (Wildman–Crippen MR) is 83.5 cm³/mol. The molecule has 21 heavy (non-hydrogen) atoms. The van der Waals surface area contributed by atoms with Crippen LogP contribution in [0.1, 0.15) is 18.9 Å². The molecule has 1 heterocycles. The second kappa shape index (κ2) is 7.52. The normalized spacial score (nSPS) is 15.1. The first-order valence-electron chi connectivity index (χ1n) is 7.44. The fourth-order valence-electron chi connectivity index (χ4n) is 2.28. The highest BCUT2D eigenvalue weighted by molar-refractivity contribution is 5.51. The highest BCUT2D eigenvalue weighted by Gasteiger charge is 2.16. The third-order valence-electron chi connectivity index (χ3n) is 3.60. The fourth-order valence-corrected chi connectivity index (χ4v) is 2.28. The standard InChI is InChI=1S/C16H26N2O3/c1-12(5-6-18(2)3)17-11-13-9-15-16(10-14(13)19-4)21-8-7-20-15/h9-10,12,17H,5-8,11H2,1-4H3/t12-/m0/s1. The van der Waals surface area contributed by atoms with Crippen molar-refractivity contribution in [3.8, 4) is 17.2 Å². The first-order chi connectivity index (χ1) is 10.1. The van der Waals surface area contributed by atoms with Crippen LogP contribution in [-0.4, -0.2) is 51.9 Å². The average molecular weight is 294 g/mol. The average Bonchev–Trinajstić information content (AvgIpc) is 2.49. The first kappa shape index (κ1) is 15.9. The van der Waals surface area contributed by atoms with Crippen LogP contribution in [0.15, 0.2) is 12.1 Å². The summed E-state index contributed by atoms with van der Waals surface area (Å²) in [7, 11) is 5.87. The molecule has 1 N–H and O–H groups in total. The zero-order valence-electron chi connectivity index (χ0n) is 13.4. The van der Waals surface area contributed by atoms with E-state index in [4.69, 9.17) is 14.2 Å². The number of rotatable bonds is 7. The lowest BCUT2D eigenvalue weighted by molar-refractivity contribution is 0.170. The van der Waals surface area contributed by atoms with Crippen LogP contribution in [0.25, 0.3) is 0 Å². The van der Waals surface area contributed by atoms with E-state index in [1.54, 1.807) is 7.11 Å². The molecule has 0 bridgehead atoms. The third kappa shape index (κ3) is 4.51. The van der Waals surface area contributed by atoms with Gasteiger partial charge in [-0.3, -0.25) is 0 Å². The van der Waals surface area contributed by atoms with Crippen LogP contribution in [-0.2, 0) is 6.54 Å². The van der Waals surface area contributed by atoms with Crippen LogP contribution in [0, 0.1) is 0 Å². The van der Waals surface area contributed by atoms with Crippen molar-refractivity contribution in [2.75, 3.05) is 41.0 Å². The van der Waals surface area contributed by atoms with Gasteiger partial charge >= 0.3 is 0 Å². The molecule has 0 saturated heterocycles. The Morgan fingerprint density at radius 2 is 1.90 bits per heavy atom. The lowest BCUT2D eigenvalue weighted by atomic mass is 10.1. The van der Waals surface area contributed by atoms with Crippen molar-refractivity contribution < 1.29 is 14.2 Å². The summed E-state index contributed by atoms with van der Waals surface area (Å²) in [6.07, 6.45) is 1.11. The molecule has 2 rings (SSSR count). The number of ether oxygens (including phenoxy) is 3. The molecular weight excluding hydrogens is 268 g/mol. The van der Waals surface area contributed by atoms with Gasteiger partial charge < -0.3 is 24.4 Å². The van der Waals surface area contributed by atoms with E-state index in [-0.39, 0.29) is 0 Å². The van der Waals surface area contributed by atoms with Gasteiger partial charge in [-0.15, -0.1) is 0 Å². The summed E-state index contributed by atoms with van der Waals surface area (Å²) in [5.41, 5.74) is 1.10. The van der Waals surface area contributed by atoms with Crippen molar-refractivity contribution in [3.05, 3.63) is 17.7 Å². The van der Waals surface area contributed by atoms with Crippen molar-refractivity contribution in [1.29, 1.82) is 0 Å². The zero-order valence-corrected chi connectivity index (χ0v) is 13.4. The summed E-state index contributed by atoms with van der Waals surface area (Å²) >= 11 is 0. The molecule has 0 amide bonds. The van der Waals surface area contributed by atoms with Crippen LogP contribution >= 0.6 is 0 Å². The monoisotopic (exact) mass is 294 g/mol. The van der Waals surface area contributed by atoms with Gasteiger partial charge in [-0.2, -0.15) is 0 Å². The number of hydrogen-bond acceptors (Lipinski definition) is 5.